The van der Waals surface area contributed by atoms with Crippen LogP contribution >= 0.6 is 22.6 Å². The average Bonchev–Trinajstić information content (AvgIpc) is 2.75. The lowest BCUT2D eigenvalue weighted by Gasteiger charge is -1.91. The van der Waals surface area contributed by atoms with Gasteiger partial charge in [0.2, 0.25) is 0 Å². The van der Waals surface area contributed by atoms with E-state index in [-0.39, 0.29) is 0 Å². The molecule has 0 unspecified atom stereocenters. The van der Waals surface area contributed by atoms with Gasteiger partial charge < -0.3 is 4.52 Å². The van der Waals surface area contributed by atoms with E-state index in [1.165, 1.54) is 0 Å². The van der Waals surface area contributed by atoms with E-state index in [0.29, 0.717) is 0 Å². The molecule has 0 aliphatic rings. The summed E-state index contributed by atoms with van der Waals surface area (Å²) in [5.41, 5.74) is 2.15. The molecule has 0 N–H and O–H groups in total. The zero-order chi connectivity index (χ0) is 9.52. The van der Waals surface area contributed by atoms with E-state index >= 15 is 0 Å². The Kier molecular flexibility index (Phi) is 4.53. The van der Waals surface area contributed by atoms with Crippen molar-refractivity contribution < 1.29 is 4.52 Å². The highest BCUT2D eigenvalue weighted by atomic mass is 127. The van der Waals surface area contributed by atoms with Crippen LogP contribution in [0.4, 0.5) is 0 Å². The average molecular weight is 287 g/mol. The molecule has 13 heavy (non-hydrogen) atoms. The molecule has 0 fully saturated rings. The third-order valence-electron chi connectivity index (χ3n) is 1.54. The number of aromatic nitrogens is 1. The Hall–Kier alpha value is -0.840. The molecule has 0 bridgehead atoms. The molecule has 3 heteroatoms. The van der Waals surface area contributed by atoms with Crippen molar-refractivity contribution in [2.75, 3.05) is 4.93 Å². The summed E-state index contributed by atoms with van der Waals surface area (Å²) in [6.45, 7) is 0. The molecule has 2 aromatic rings. The third-order valence-corrected chi connectivity index (χ3v) is 1.54. The van der Waals surface area contributed by atoms with Crippen molar-refractivity contribution in [1.29, 1.82) is 0 Å². The Balaban J connectivity index is 0.000000396. The molecule has 68 valence electrons. The third kappa shape index (κ3) is 2.84. The molecule has 0 aliphatic heterocycles. The number of nitrogens with zero attached hydrogens (tertiary/aromatic N) is 1. The number of hydrogen-bond donors (Lipinski definition) is 0. The minimum Gasteiger partial charge on any atom is -0.364 e. The monoisotopic (exact) mass is 287 g/mol. The highest BCUT2D eigenvalue weighted by Crippen LogP contribution is 2.16. The fourth-order valence-corrected chi connectivity index (χ4v) is 0.978. The van der Waals surface area contributed by atoms with Gasteiger partial charge in [0, 0.05) is 5.56 Å². The number of benzene rings is 1. The summed E-state index contributed by atoms with van der Waals surface area (Å²) in [6.07, 6.45) is 3.34. The van der Waals surface area contributed by atoms with E-state index < -0.39 is 0 Å². The van der Waals surface area contributed by atoms with Crippen molar-refractivity contribution in [3.05, 3.63) is 42.8 Å². The number of alkyl halides is 1. The van der Waals surface area contributed by atoms with E-state index in [4.69, 9.17) is 4.52 Å². The van der Waals surface area contributed by atoms with Gasteiger partial charge >= 0.3 is 0 Å². The van der Waals surface area contributed by atoms with Crippen LogP contribution in [0.25, 0.3) is 11.1 Å². The molecule has 0 aliphatic carbocycles. The topological polar surface area (TPSA) is 26.0 Å². The van der Waals surface area contributed by atoms with Crippen molar-refractivity contribution >= 4 is 22.6 Å². The number of rotatable bonds is 1. The van der Waals surface area contributed by atoms with Crippen molar-refractivity contribution in [3.63, 3.8) is 0 Å². The molecule has 0 atom stereocenters. The van der Waals surface area contributed by atoms with Gasteiger partial charge in [-0.3, -0.25) is 0 Å². The van der Waals surface area contributed by atoms with Gasteiger partial charge in [0.15, 0.2) is 0 Å². The lowest BCUT2D eigenvalue weighted by atomic mass is 10.1. The highest BCUT2D eigenvalue weighted by molar-refractivity contribution is 14.1. The first-order chi connectivity index (χ1) is 6.47. The van der Waals surface area contributed by atoms with Gasteiger partial charge in [0.05, 0.1) is 6.20 Å². The van der Waals surface area contributed by atoms with Crippen LogP contribution in [0, 0.1) is 0 Å². The number of halogens is 1. The van der Waals surface area contributed by atoms with E-state index in [1.54, 1.807) is 12.5 Å². The lowest BCUT2D eigenvalue weighted by Crippen LogP contribution is -1.69. The summed E-state index contributed by atoms with van der Waals surface area (Å²) in [5, 5.41) is 3.62. The van der Waals surface area contributed by atoms with Crippen molar-refractivity contribution in [2.24, 2.45) is 0 Å². The molecule has 1 aromatic heterocycles. The first-order valence-electron chi connectivity index (χ1n) is 3.79. The summed E-state index contributed by atoms with van der Waals surface area (Å²) >= 11 is 2.15. The van der Waals surface area contributed by atoms with Crippen LogP contribution in [0.5, 0.6) is 0 Å². The maximum atomic E-state index is 4.72. The Morgan fingerprint density at radius 2 is 1.77 bits per heavy atom. The molecule has 2 nitrogen and oxygen atoms in total. The summed E-state index contributed by atoms with van der Waals surface area (Å²) in [5.74, 6) is 0. The van der Waals surface area contributed by atoms with Crippen molar-refractivity contribution in [1.82, 2.24) is 5.16 Å². The van der Waals surface area contributed by atoms with Crippen LogP contribution in [0.15, 0.2) is 47.3 Å². The van der Waals surface area contributed by atoms with Crippen molar-refractivity contribution in [3.8, 4) is 11.1 Å². The summed E-state index contributed by atoms with van der Waals surface area (Å²) in [4.78, 5) is 1.97. The minimum absolute atomic E-state index is 1.02. The lowest BCUT2D eigenvalue weighted by molar-refractivity contribution is 0.420. The van der Waals surface area contributed by atoms with Gasteiger partial charge in [-0.1, -0.05) is 58.1 Å². The van der Waals surface area contributed by atoms with Gasteiger partial charge in [-0.25, -0.2) is 0 Å². The van der Waals surface area contributed by atoms with Crippen LogP contribution in [-0.4, -0.2) is 10.1 Å². The maximum Gasteiger partial charge on any atom is 0.131 e. The van der Waals surface area contributed by atoms with Crippen LogP contribution in [0.3, 0.4) is 0 Å². The molecule has 1 aromatic carbocycles. The fraction of sp³-hybridized carbons (Fsp3) is 0.100. The standard InChI is InChI=1S/C9H7NO.CH3I/c1-2-4-8(5-3-1)9-6-10-11-7-9;1-2/h1-7H;1H3. The van der Waals surface area contributed by atoms with Crippen molar-refractivity contribution in [2.45, 2.75) is 0 Å². The van der Waals surface area contributed by atoms with Crippen LogP contribution in [0.1, 0.15) is 0 Å². The Labute approximate surface area is 91.1 Å². The normalized spacial score (nSPS) is 8.77. The zero-order valence-corrected chi connectivity index (χ0v) is 9.43. The van der Waals surface area contributed by atoms with Gasteiger partial charge in [0.25, 0.3) is 0 Å². The molecule has 0 radical (unpaired) electrons. The first kappa shape index (κ1) is 10.2. The summed E-state index contributed by atoms with van der Waals surface area (Å²) < 4.78 is 4.72. The maximum absolute atomic E-state index is 4.72. The quantitative estimate of drug-likeness (QED) is 0.593. The Morgan fingerprint density at radius 1 is 1.08 bits per heavy atom. The number of hydrogen-bond acceptors (Lipinski definition) is 2. The molecule has 2 rings (SSSR count). The van der Waals surface area contributed by atoms with Crippen LogP contribution < -0.4 is 0 Å². The molecule has 0 spiro atoms. The highest BCUT2D eigenvalue weighted by Gasteiger charge is 1.96. The van der Waals surface area contributed by atoms with Gasteiger partial charge in [0.1, 0.15) is 6.26 Å². The largest absolute Gasteiger partial charge is 0.364 e. The second-order valence-electron chi connectivity index (χ2n) is 2.28. The Morgan fingerprint density at radius 3 is 2.31 bits per heavy atom. The SMILES string of the molecule is CI.c1ccc(-c2cnoc2)cc1. The molecular formula is C10H10INO. The molecule has 0 amide bonds. The zero-order valence-electron chi connectivity index (χ0n) is 7.27. The Bertz CT molecular complexity index is 318. The van der Waals surface area contributed by atoms with E-state index in [9.17, 15) is 0 Å². The van der Waals surface area contributed by atoms with Crippen LogP contribution in [0.2, 0.25) is 0 Å². The first-order valence-corrected chi connectivity index (χ1v) is 5.95. The molecule has 1 heterocycles. The fourth-order valence-electron chi connectivity index (χ4n) is 0.978. The van der Waals surface area contributed by atoms with Gasteiger partial charge in [-0.2, -0.15) is 0 Å². The summed E-state index contributed by atoms with van der Waals surface area (Å²) in [7, 11) is 0. The van der Waals surface area contributed by atoms with E-state index in [1.807, 2.05) is 35.3 Å². The predicted molar refractivity (Wildman–Crippen MR) is 61.9 cm³/mol. The minimum atomic E-state index is 1.02. The second-order valence-corrected chi connectivity index (χ2v) is 2.28. The second kappa shape index (κ2) is 5.75. The van der Waals surface area contributed by atoms with E-state index in [0.717, 1.165) is 11.1 Å². The molecule has 0 saturated heterocycles. The van der Waals surface area contributed by atoms with Gasteiger partial charge in [-0.15, -0.1) is 0 Å². The molecular weight excluding hydrogens is 277 g/mol. The summed E-state index contributed by atoms with van der Waals surface area (Å²) in [6, 6.07) is 10.0. The van der Waals surface area contributed by atoms with E-state index in [2.05, 4.69) is 27.7 Å². The van der Waals surface area contributed by atoms with Crippen LogP contribution in [-0.2, 0) is 0 Å². The smallest absolute Gasteiger partial charge is 0.131 e. The predicted octanol–water partition coefficient (Wildman–Crippen LogP) is 3.39. The molecule has 0 saturated carbocycles. The van der Waals surface area contributed by atoms with Gasteiger partial charge in [-0.05, 0) is 10.5 Å².